The lowest BCUT2D eigenvalue weighted by Gasteiger charge is -2.12. The van der Waals surface area contributed by atoms with Crippen molar-refractivity contribution in [3.05, 3.63) is 104 Å². The van der Waals surface area contributed by atoms with E-state index in [2.05, 4.69) is 16.0 Å². The molecule has 0 aromatic heterocycles. The van der Waals surface area contributed by atoms with E-state index in [1.165, 1.54) is 62.4 Å². The van der Waals surface area contributed by atoms with Crippen LogP contribution in [0.25, 0.3) is 0 Å². The average molecular weight is 694 g/mol. The van der Waals surface area contributed by atoms with E-state index in [-0.39, 0.29) is 41.0 Å². The topological polar surface area (TPSA) is 160 Å². The lowest BCUT2D eigenvalue weighted by molar-refractivity contribution is -0.131. The van der Waals surface area contributed by atoms with Crippen molar-refractivity contribution in [1.29, 1.82) is 0 Å². The Kier molecular flexibility index (Phi) is 13.5. The number of aromatic hydroxyl groups is 1. The summed E-state index contributed by atoms with van der Waals surface area (Å²) in [6, 6.07) is 17.9. The number of hydrogen-bond donors (Lipinski definition) is 5. The molecule has 45 heavy (non-hydrogen) atoms. The van der Waals surface area contributed by atoms with Gasteiger partial charge in [-0.3, -0.25) is 19.2 Å². The van der Waals surface area contributed by atoms with E-state index in [4.69, 9.17) is 56.9 Å². The third kappa shape index (κ3) is 10.9. The molecule has 14 heteroatoms. The van der Waals surface area contributed by atoms with Crippen LogP contribution in [0.5, 0.6) is 11.5 Å². The molecule has 0 heterocycles. The summed E-state index contributed by atoms with van der Waals surface area (Å²) in [6.45, 7) is 2.60. The molecule has 0 unspecified atom stereocenters. The minimum Gasteiger partial charge on any atom is -0.507 e. The fourth-order valence-corrected chi connectivity index (χ4v) is 4.33. The van der Waals surface area contributed by atoms with Crippen molar-refractivity contribution in [2.45, 2.75) is 21.3 Å². The third-order valence-corrected chi connectivity index (χ3v) is 6.52. The number of phenolic OH excluding ortho intramolecular Hbond substituents is 1. The standard InChI is InChI=1S/C17H14Cl2N2O4.C13H10Cl2N2O2.CH4/c1-9(22)20-12-4-5-15(14(19)8-12)21-17(24)13-7-11(18)3-6-16(13)25-10(2)23;14-7-1-4-12(18)9(5-7)13(19)17-11-3-2-8(16)6-10(11)15;/h3-8H,1-2H3,(H,20,22)(H,21,24);1-6,18H,16H2,(H,17,19);1H4. The molecule has 0 spiro atoms. The molecular formula is C31H28Cl4N4O6. The monoisotopic (exact) mass is 692 g/mol. The molecule has 6 N–H and O–H groups in total. The maximum absolute atomic E-state index is 12.5. The van der Waals surface area contributed by atoms with E-state index < -0.39 is 17.8 Å². The molecule has 0 fully saturated rings. The zero-order valence-electron chi connectivity index (χ0n) is 23.0. The van der Waals surface area contributed by atoms with Crippen molar-refractivity contribution >= 4 is 92.8 Å². The summed E-state index contributed by atoms with van der Waals surface area (Å²) >= 11 is 23.8. The van der Waals surface area contributed by atoms with Crippen molar-refractivity contribution < 1.29 is 29.0 Å². The predicted octanol–water partition coefficient (Wildman–Crippen LogP) is 8.30. The predicted molar refractivity (Wildman–Crippen MR) is 180 cm³/mol. The van der Waals surface area contributed by atoms with E-state index in [9.17, 15) is 24.3 Å². The number of carbonyl (C=O) groups is 4. The van der Waals surface area contributed by atoms with E-state index in [1.54, 1.807) is 24.3 Å². The Morgan fingerprint density at radius 2 is 1.22 bits per heavy atom. The van der Waals surface area contributed by atoms with Crippen LogP contribution in [0.2, 0.25) is 20.1 Å². The molecule has 4 rings (SSSR count). The van der Waals surface area contributed by atoms with Crippen LogP contribution in [0.15, 0.2) is 72.8 Å². The second-order valence-electron chi connectivity index (χ2n) is 8.92. The number of carbonyl (C=O) groups excluding carboxylic acids is 4. The highest BCUT2D eigenvalue weighted by Gasteiger charge is 2.17. The van der Waals surface area contributed by atoms with Crippen molar-refractivity contribution in [2.75, 3.05) is 21.7 Å². The Bertz CT molecular complexity index is 1750. The molecule has 0 aliphatic heterocycles. The van der Waals surface area contributed by atoms with Crippen molar-refractivity contribution in [1.82, 2.24) is 0 Å². The normalized spacial score (nSPS) is 9.91. The number of anilines is 4. The van der Waals surface area contributed by atoms with Crippen LogP contribution in [-0.4, -0.2) is 28.8 Å². The molecule has 236 valence electrons. The van der Waals surface area contributed by atoms with Gasteiger partial charge in [0, 0.05) is 35.3 Å². The highest BCUT2D eigenvalue weighted by atomic mass is 35.5. The number of ether oxygens (including phenoxy) is 1. The summed E-state index contributed by atoms with van der Waals surface area (Å²) in [5, 5.41) is 18.6. The third-order valence-electron chi connectivity index (χ3n) is 5.42. The second kappa shape index (κ2) is 16.6. The van der Waals surface area contributed by atoms with Gasteiger partial charge < -0.3 is 31.5 Å². The highest BCUT2D eigenvalue weighted by Crippen LogP contribution is 2.29. The largest absolute Gasteiger partial charge is 0.507 e. The Morgan fingerprint density at radius 1 is 0.689 bits per heavy atom. The first-order valence-corrected chi connectivity index (χ1v) is 14.0. The van der Waals surface area contributed by atoms with Gasteiger partial charge >= 0.3 is 5.97 Å². The van der Waals surface area contributed by atoms with E-state index in [0.29, 0.717) is 37.8 Å². The highest BCUT2D eigenvalue weighted by molar-refractivity contribution is 6.35. The van der Waals surface area contributed by atoms with E-state index >= 15 is 0 Å². The summed E-state index contributed by atoms with van der Waals surface area (Å²) in [7, 11) is 0. The van der Waals surface area contributed by atoms with E-state index in [1.807, 2.05) is 0 Å². The first-order chi connectivity index (χ1) is 20.7. The molecule has 0 radical (unpaired) electrons. The summed E-state index contributed by atoms with van der Waals surface area (Å²) < 4.78 is 5.01. The molecule has 0 saturated heterocycles. The Morgan fingerprint density at radius 3 is 1.78 bits per heavy atom. The van der Waals surface area contributed by atoms with Gasteiger partial charge in [-0.25, -0.2) is 0 Å². The molecule has 3 amide bonds. The van der Waals surface area contributed by atoms with Gasteiger partial charge in [0.25, 0.3) is 11.8 Å². The Hall–Kier alpha value is -4.48. The van der Waals surface area contributed by atoms with Crippen molar-refractivity contribution in [3.8, 4) is 11.5 Å². The Labute approximate surface area is 279 Å². The molecule has 0 atom stereocenters. The van der Waals surface area contributed by atoms with Gasteiger partial charge in [0.1, 0.15) is 11.5 Å². The molecule has 4 aromatic rings. The van der Waals surface area contributed by atoms with Gasteiger partial charge in [-0.05, 0) is 72.8 Å². The van der Waals surface area contributed by atoms with Crippen LogP contribution in [0, 0.1) is 0 Å². The number of phenols is 1. The number of hydrogen-bond acceptors (Lipinski definition) is 7. The molecule has 0 aliphatic rings. The maximum atomic E-state index is 12.5. The minimum atomic E-state index is -0.561. The molecule has 4 aromatic carbocycles. The van der Waals surface area contributed by atoms with Crippen molar-refractivity contribution in [3.63, 3.8) is 0 Å². The van der Waals surface area contributed by atoms with Crippen LogP contribution >= 0.6 is 46.4 Å². The van der Waals surface area contributed by atoms with Gasteiger partial charge in [-0.1, -0.05) is 53.8 Å². The fourth-order valence-electron chi connectivity index (χ4n) is 3.52. The number of nitrogen functional groups attached to an aromatic ring is 1. The quantitative estimate of drug-likeness (QED) is 0.0771. The lowest BCUT2D eigenvalue weighted by Crippen LogP contribution is -2.15. The van der Waals surface area contributed by atoms with Gasteiger partial charge in [0.15, 0.2) is 0 Å². The summed E-state index contributed by atoms with van der Waals surface area (Å²) in [5.41, 5.74) is 7.44. The molecule has 0 saturated carbocycles. The number of nitrogens with two attached hydrogens (primary N) is 1. The zero-order valence-corrected chi connectivity index (χ0v) is 26.0. The zero-order chi connectivity index (χ0) is 32.6. The van der Waals surface area contributed by atoms with Gasteiger partial charge in [0.2, 0.25) is 5.91 Å². The molecular weight excluding hydrogens is 666 g/mol. The second-order valence-corrected chi connectivity index (χ2v) is 10.6. The van der Waals surface area contributed by atoms with Gasteiger partial charge in [-0.15, -0.1) is 0 Å². The van der Waals surface area contributed by atoms with Gasteiger partial charge in [0.05, 0.1) is 32.5 Å². The molecule has 10 nitrogen and oxygen atoms in total. The van der Waals surface area contributed by atoms with Crippen molar-refractivity contribution in [2.24, 2.45) is 0 Å². The summed E-state index contributed by atoms with van der Waals surface area (Å²) in [5.74, 6) is -1.93. The number of benzene rings is 4. The summed E-state index contributed by atoms with van der Waals surface area (Å²) in [4.78, 5) is 46.7. The molecule has 0 aliphatic carbocycles. The van der Waals surface area contributed by atoms with Crippen LogP contribution < -0.4 is 26.4 Å². The summed E-state index contributed by atoms with van der Waals surface area (Å²) in [6.07, 6.45) is 0. The van der Waals surface area contributed by atoms with Crippen LogP contribution in [0.4, 0.5) is 22.7 Å². The lowest BCUT2D eigenvalue weighted by atomic mass is 10.1. The molecule has 0 bridgehead atoms. The van der Waals surface area contributed by atoms with Crippen LogP contribution in [0.3, 0.4) is 0 Å². The van der Waals surface area contributed by atoms with Gasteiger partial charge in [-0.2, -0.15) is 0 Å². The Balaban J connectivity index is 0.000000317. The number of rotatable bonds is 6. The smallest absolute Gasteiger partial charge is 0.308 e. The number of esters is 1. The SMILES string of the molecule is C.CC(=O)Nc1ccc(NC(=O)c2cc(Cl)ccc2OC(C)=O)c(Cl)c1.Nc1ccc(NC(=O)c2cc(Cl)ccc2O)c(Cl)c1. The maximum Gasteiger partial charge on any atom is 0.308 e. The number of nitrogens with one attached hydrogen (secondary N) is 3. The number of amides is 3. The number of halogens is 4. The van der Waals surface area contributed by atoms with E-state index in [0.717, 1.165) is 0 Å². The first kappa shape index (κ1) is 36.7. The minimum absolute atomic E-state index is 0. The first-order valence-electron chi connectivity index (χ1n) is 12.4. The van der Waals surface area contributed by atoms with Crippen LogP contribution in [-0.2, 0) is 9.59 Å². The van der Waals surface area contributed by atoms with Crippen LogP contribution in [0.1, 0.15) is 42.0 Å². The fraction of sp³-hybridized carbons (Fsp3) is 0.0968. The average Bonchev–Trinajstić information content (AvgIpc) is 2.93.